The van der Waals surface area contributed by atoms with Gasteiger partial charge in [-0.25, -0.2) is 0 Å². The van der Waals surface area contributed by atoms with Gasteiger partial charge in [0.15, 0.2) is 0 Å². The van der Waals surface area contributed by atoms with Crippen molar-refractivity contribution in [1.29, 1.82) is 0 Å². The molecule has 0 aliphatic rings. The molecule has 1 aromatic carbocycles. The molecule has 0 saturated heterocycles. The van der Waals surface area contributed by atoms with E-state index in [4.69, 9.17) is 0 Å². The van der Waals surface area contributed by atoms with E-state index in [0.717, 1.165) is 12.3 Å². The van der Waals surface area contributed by atoms with Gasteiger partial charge in [0.25, 0.3) is 0 Å². The largest absolute Gasteiger partial charge is 0.0628 e. The zero-order valence-corrected chi connectivity index (χ0v) is 10.5. The van der Waals surface area contributed by atoms with Crippen molar-refractivity contribution in [2.24, 2.45) is 11.3 Å². The van der Waals surface area contributed by atoms with Gasteiger partial charge in [0.2, 0.25) is 0 Å². The topological polar surface area (TPSA) is 0 Å². The zero-order valence-electron chi connectivity index (χ0n) is 10.5. The Bertz CT molecular complexity index is 269. The predicted molar refractivity (Wildman–Crippen MR) is 67.7 cm³/mol. The van der Waals surface area contributed by atoms with Crippen molar-refractivity contribution in [1.82, 2.24) is 0 Å². The Balaban J connectivity index is 2.42. The number of rotatable bonds is 5. The van der Waals surface area contributed by atoms with Crippen LogP contribution in [0.15, 0.2) is 30.3 Å². The highest BCUT2D eigenvalue weighted by Gasteiger charge is 2.18. The van der Waals surface area contributed by atoms with Crippen molar-refractivity contribution in [3.8, 4) is 0 Å². The summed E-state index contributed by atoms with van der Waals surface area (Å²) in [6.07, 6.45) is 4.80. The van der Waals surface area contributed by atoms with Crippen molar-refractivity contribution in [3.05, 3.63) is 42.3 Å². The van der Waals surface area contributed by atoms with Gasteiger partial charge in [0, 0.05) is 0 Å². The van der Waals surface area contributed by atoms with Gasteiger partial charge in [-0.15, -0.1) is 0 Å². The average molecular weight is 203 g/mol. The first-order valence-corrected chi connectivity index (χ1v) is 5.88. The molecule has 0 saturated carbocycles. The summed E-state index contributed by atoms with van der Waals surface area (Å²) in [5.41, 5.74) is 1.76. The Labute approximate surface area is 94.7 Å². The summed E-state index contributed by atoms with van der Waals surface area (Å²) in [6.45, 7) is 9.30. The number of hydrogen-bond donors (Lipinski definition) is 0. The second-order valence-electron chi connectivity index (χ2n) is 5.58. The fourth-order valence-electron chi connectivity index (χ4n) is 2.17. The minimum Gasteiger partial charge on any atom is -0.0628 e. The van der Waals surface area contributed by atoms with E-state index in [1.165, 1.54) is 12.0 Å². The highest BCUT2D eigenvalue weighted by molar-refractivity contribution is 5.22. The van der Waals surface area contributed by atoms with Gasteiger partial charge in [-0.1, -0.05) is 58.0 Å². The fraction of sp³-hybridized carbons (Fsp3) is 0.533. The average Bonchev–Trinajstić information content (AvgIpc) is 2.15. The van der Waals surface area contributed by atoms with Crippen LogP contribution >= 0.6 is 0 Å². The second-order valence-corrected chi connectivity index (χ2v) is 5.58. The van der Waals surface area contributed by atoms with Gasteiger partial charge in [0.1, 0.15) is 0 Å². The van der Waals surface area contributed by atoms with Gasteiger partial charge < -0.3 is 0 Å². The molecule has 0 aromatic heterocycles. The first kappa shape index (κ1) is 12.3. The van der Waals surface area contributed by atoms with E-state index in [1.54, 1.807) is 0 Å². The molecule has 0 N–H and O–H groups in total. The molecule has 0 unspecified atom stereocenters. The smallest absolute Gasteiger partial charge is 0.00878 e. The fourth-order valence-corrected chi connectivity index (χ4v) is 2.17. The van der Waals surface area contributed by atoms with Crippen molar-refractivity contribution in [3.63, 3.8) is 0 Å². The minimum absolute atomic E-state index is 0.421. The first-order chi connectivity index (χ1) is 6.99. The van der Waals surface area contributed by atoms with Crippen LogP contribution in [0.5, 0.6) is 0 Å². The molecular formula is C15H23. The normalized spacial score (nSPS) is 12.1. The van der Waals surface area contributed by atoms with Gasteiger partial charge in [-0.3, -0.25) is 0 Å². The molecule has 0 heterocycles. The molecule has 0 aliphatic carbocycles. The molecule has 83 valence electrons. The van der Waals surface area contributed by atoms with Crippen molar-refractivity contribution in [2.45, 2.75) is 40.5 Å². The number of benzene rings is 1. The van der Waals surface area contributed by atoms with Crippen LogP contribution in [0.4, 0.5) is 0 Å². The van der Waals surface area contributed by atoms with E-state index in [2.05, 4.69) is 64.4 Å². The summed E-state index contributed by atoms with van der Waals surface area (Å²) in [5, 5.41) is 0. The van der Waals surface area contributed by atoms with E-state index >= 15 is 0 Å². The lowest BCUT2D eigenvalue weighted by Crippen LogP contribution is -2.14. The van der Waals surface area contributed by atoms with Crippen molar-refractivity contribution >= 4 is 0 Å². The molecule has 0 spiro atoms. The maximum absolute atomic E-state index is 2.35. The molecule has 0 bridgehead atoms. The molecule has 0 atom stereocenters. The Morgan fingerprint density at radius 1 is 1.13 bits per heavy atom. The third-order valence-electron chi connectivity index (χ3n) is 2.65. The molecule has 0 heteroatoms. The van der Waals surface area contributed by atoms with Crippen LogP contribution in [0.2, 0.25) is 0 Å². The molecule has 0 nitrogen and oxygen atoms in total. The standard InChI is InChI=1S/C15H23/c1-13(2)12-15(3,4)11-10-14-8-6-5-7-9-14/h5-10,13H,11-12H2,1-4H3. The van der Waals surface area contributed by atoms with E-state index < -0.39 is 0 Å². The lowest BCUT2D eigenvalue weighted by Gasteiger charge is -2.26. The summed E-state index contributed by atoms with van der Waals surface area (Å²) < 4.78 is 0. The Morgan fingerprint density at radius 3 is 2.27 bits per heavy atom. The quantitative estimate of drug-likeness (QED) is 0.650. The zero-order chi connectivity index (χ0) is 11.3. The maximum atomic E-state index is 2.35. The van der Waals surface area contributed by atoms with Crippen LogP contribution < -0.4 is 0 Å². The molecule has 15 heavy (non-hydrogen) atoms. The van der Waals surface area contributed by atoms with Crippen LogP contribution in [-0.4, -0.2) is 0 Å². The van der Waals surface area contributed by atoms with E-state index in [-0.39, 0.29) is 0 Å². The molecule has 0 amide bonds. The van der Waals surface area contributed by atoms with E-state index in [0.29, 0.717) is 5.41 Å². The Hall–Kier alpha value is -0.780. The Morgan fingerprint density at radius 2 is 1.73 bits per heavy atom. The van der Waals surface area contributed by atoms with Crippen LogP contribution in [0.1, 0.15) is 46.1 Å². The summed E-state index contributed by atoms with van der Waals surface area (Å²) in [4.78, 5) is 0. The van der Waals surface area contributed by atoms with Crippen LogP contribution in [-0.2, 0) is 0 Å². The van der Waals surface area contributed by atoms with Crippen LogP contribution in [0, 0.1) is 17.8 Å². The SMILES string of the molecule is CC(C)CC(C)(C)C[CH]c1ccccc1. The third-order valence-corrected chi connectivity index (χ3v) is 2.65. The van der Waals surface area contributed by atoms with Gasteiger partial charge in [-0.05, 0) is 36.2 Å². The van der Waals surface area contributed by atoms with Crippen molar-refractivity contribution < 1.29 is 0 Å². The summed E-state index contributed by atoms with van der Waals surface area (Å²) >= 11 is 0. The predicted octanol–water partition coefficient (Wildman–Crippen LogP) is 4.70. The van der Waals surface area contributed by atoms with Crippen LogP contribution in [0.3, 0.4) is 0 Å². The molecule has 1 rings (SSSR count). The second kappa shape index (κ2) is 5.34. The van der Waals surface area contributed by atoms with Gasteiger partial charge >= 0.3 is 0 Å². The first-order valence-electron chi connectivity index (χ1n) is 5.88. The minimum atomic E-state index is 0.421. The summed E-state index contributed by atoms with van der Waals surface area (Å²) in [5.74, 6) is 0.782. The van der Waals surface area contributed by atoms with E-state index in [1.807, 2.05) is 0 Å². The molecule has 1 aromatic rings. The van der Waals surface area contributed by atoms with Gasteiger partial charge in [-0.2, -0.15) is 0 Å². The third kappa shape index (κ3) is 5.01. The lowest BCUT2D eigenvalue weighted by atomic mass is 9.79. The highest BCUT2D eigenvalue weighted by atomic mass is 14.2. The summed E-state index contributed by atoms with van der Waals surface area (Å²) in [7, 11) is 0. The van der Waals surface area contributed by atoms with Crippen molar-refractivity contribution in [2.75, 3.05) is 0 Å². The highest BCUT2D eigenvalue weighted by Crippen LogP contribution is 2.31. The van der Waals surface area contributed by atoms with Crippen LogP contribution in [0.25, 0.3) is 0 Å². The molecular weight excluding hydrogens is 180 g/mol. The van der Waals surface area contributed by atoms with E-state index in [9.17, 15) is 0 Å². The molecule has 0 aliphatic heterocycles. The molecule has 0 fully saturated rings. The van der Waals surface area contributed by atoms with Gasteiger partial charge in [0.05, 0.1) is 0 Å². The lowest BCUT2D eigenvalue weighted by molar-refractivity contribution is 0.284. The Kier molecular flexibility index (Phi) is 4.38. The monoisotopic (exact) mass is 203 g/mol. The summed E-state index contributed by atoms with van der Waals surface area (Å²) in [6, 6.07) is 10.6. The molecule has 1 radical (unpaired) electrons. The number of hydrogen-bond acceptors (Lipinski definition) is 0. The maximum Gasteiger partial charge on any atom is -0.00878 e.